The third-order valence-corrected chi connectivity index (χ3v) is 2.02. The number of hydrogen-bond acceptors (Lipinski definition) is 3. The lowest BCUT2D eigenvalue weighted by Gasteiger charge is -2.23. The van der Waals surface area contributed by atoms with Crippen LogP contribution in [0.5, 0.6) is 0 Å². The smallest absolute Gasteiger partial charge is 0.304 e. The molecule has 2 unspecified atom stereocenters. The Hall–Kier alpha value is -0.610. The lowest BCUT2D eigenvalue weighted by molar-refractivity contribution is -0.137. The number of carbonyl (C=O) groups is 1. The summed E-state index contributed by atoms with van der Waals surface area (Å²) in [5.74, 6) is -0.311. The maximum atomic E-state index is 10.4. The Kier molecular flexibility index (Phi) is 5.66. The van der Waals surface area contributed by atoms with Crippen LogP contribution in [0.1, 0.15) is 26.7 Å². The normalized spacial score (nSPS) is 15.8. The largest absolute Gasteiger partial charge is 0.481 e. The van der Waals surface area contributed by atoms with Gasteiger partial charge in [0, 0.05) is 12.1 Å². The highest BCUT2D eigenvalue weighted by Crippen LogP contribution is 2.08. The molecule has 0 bridgehead atoms. The van der Waals surface area contributed by atoms with Crippen LogP contribution in [0.2, 0.25) is 0 Å². The highest BCUT2D eigenvalue weighted by atomic mass is 16.4. The van der Waals surface area contributed by atoms with E-state index < -0.39 is 5.97 Å². The number of nitrogens with two attached hydrogens (primary N) is 1. The predicted molar refractivity (Wildman–Crippen MR) is 52.5 cm³/mol. The summed E-state index contributed by atoms with van der Waals surface area (Å²) in [6.45, 7) is 4.19. The number of rotatable bonds is 6. The molecule has 78 valence electrons. The van der Waals surface area contributed by atoms with E-state index in [4.69, 9.17) is 10.8 Å². The number of nitrogens with one attached hydrogen (secondary N) is 1. The molecule has 0 radical (unpaired) electrons. The quantitative estimate of drug-likeness (QED) is 0.565. The van der Waals surface area contributed by atoms with Gasteiger partial charge in [-0.15, -0.1) is 0 Å². The topological polar surface area (TPSA) is 75.3 Å². The van der Waals surface area contributed by atoms with Gasteiger partial charge in [0.05, 0.1) is 6.42 Å². The molecule has 0 aliphatic rings. The van der Waals surface area contributed by atoms with Gasteiger partial charge < -0.3 is 16.2 Å². The fourth-order valence-electron chi connectivity index (χ4n) is 1.36. The Balaban J connectivity index is 3.98. The number of hydrogen-bond donors (Lipinski definition) is 3. The monoisotopic (exact) mass is 188 g/mol. The average molecular weight is 188 g/mol. The van der Waals surface area contributed by atoms with E-state index in [1.54, 1.807) is 0 Å². The Bertz CT molecular complexity index is 160. The molecule has 4 heteroatoms. The molecule has 0 heterocycles. The van der Waals surface area contributed by atoms with Crippen molar-refractivity contribution in [3.05, 3.63) is 0 Å². The summed E-state index contributed by atoms with van der Waals surface area (Å²) in [5, 5.41) is 11.6. The molecule has 0 aliphatic heterocycles. The molecule has 4 nitrogen and oxygen atoms in total. The molecule has 0 rings (SSSR count). The van der Waals surface area contributed by atoms with Crippen molar-refractivity contribution in [2.75, 3.05) is 7.05 Å². The second-order valence-corrected chi connectivity index (χ2v) is 3.79. The summed E-state index contributed by atoms with van der Waals surface area (Å²) in [7, 11) is 1.81. The van der Waals surface area contributed by atoms with Crippen molar-refractivity contribution in [2.45, 2.75) is 38.8 Å². The minimum atomic E-state index is -0.837. The van der Waals surface area contributed by atoms with Gasteiger partial charge in [0.15, 0.2) is 0 Å². The van der Waals surface area contributed by atoms with Crippen LogP contribution < -0.4 is 11.1 Å². The highest BCUT2D eigenvalue weighted by molar-refractivity contribution is 5.67. The van der Waals surface area contributed by atoms with Gasteiger partial charge in [0.1, 0.15) is 0 Å². The van der Waals surface area contributed by atoms with Crippen molar-refractivity contribution in [3.8, 4) is 0 Å². The number of likely N-dealkylation sites (N-methyl/N-ethyl adjacent to an activating group) is 1. The summed E-state index contributed by atoms with van der Waals surface area (Å²) in [6, 6.07) is -0.207. The zero-order valence-electron chi connectivity index (χ0n) is 8.58. The van der Waals surface area contributed by atoms with Crippen molar-refractivity contribution in [1.29, 1.82) is 0 Å². The SMILES string of the molecule is CNC(CC(C)C)C(N)CC(=O)O. The molecular weight excluding hydrogens is 168 g/mol. The standard InChI is InChI=1S/C9H20N2O2/c1-6(2)4-8(11-3)7(10)5-9(12)13/h6-8,11H,4-5,10H2,1-3H3,(H,12,13). The molecule has 4 N–H and O–H groups in total. The van der Waals surface area contributed by atoms with E-state index >= 15 is 0 Å². The zero-order chi connectivity index (χ0) is 10.4. The minimum Gasteiger partial charge on any atom is -0.481 e. The summed E-state index contributed by atoms with van der Waals surface area (Å²) >= 11 is 0. The van der Waals surface area contributed by atoms with Crippen LogP contribution in [0.4, 0.5) is 0 Å². The van der Waals surface area contributed by atoms with Crippen LogP contribution in [0.25, 0.3) is 0 Å². The first kappa shape index (κ1) is 12.4. The molecule has 13 heavy (non-hydrogen) atoms. The molecule has 0 aromatic carbocycles. The Morgan fingerprint density at radius 2 is 2.08 bits per heavy atom. The second kappa shape index (κ2) is 5.94. The maximum Gasteiger partial charge on any atom is 0.304 e. The molecular formula is C9H20N2O2. The van der Waals surface area contributed by atoms with Crippen LogP contribution in [0.3, 0.4) is 0 Å². The van der Waals surface area contributed by atoms with Gasteiger partial charge in [0.2, 0.25) is 0 Å². The molecule has 0 spiro atoms. The highest BCUT2D eigenvalue weighted by Gasteiger charge is 2.19. The molecule has 0 aromatic rings. The van der Waals surface area contributed by atoms with Gasteiger partial charge in [-0.05, 0) is 19.4 Å². The van der Waals surface area contributed by atoms with E-state index in [0.717, 1.165) is 6.42 Å². The average Bonchev–Trinajstić information content (AvgIpc) is 1.98. The third kappa shape index (κ3) is 5.60. The van der Waals surface area contributed by atoms with Crippen LogP contribution in [0, 0.1) is 5.92 Å². The number of carboxylic acids is 1. The second-order valence-electron chi connectivity index (χ2n) is 3.79. The van der Waals surface area contributed by atoms with Crippen molar-refractivity contribution in [1.82, 2.24) is 5.32 Å². The molecule has 0 saturated heterocycles. The van der Waals surface area contributed by atoms with E-state index in [9.17, 15) is 4.79 Å². The fourth-order valence-corrected chi connectivity index (χ4v) is 1.36. The minimum absolute atomic E-state index is 0.0260. The van der Waals surface area contributed by atoms with Gasteiger partial charge >= 0.3 is 5.97 Å². The van der Waals surface area contributed by atoms with E-state index in [0.29, 0.717) is 5.92 Å². The lowest BCUT2D eigenvalue weighted by atomic mass is 9.96. The van der Waals surface area contributed by atoms with Crippen LogP contribution in [0.15, 0.2) is 0 Å². The first-order valence-electron chi connectivity index (χ1n) is 4.62. The molecule has 0 fully saturated rings. The van der Waals surface area contributed by atoms with Crippen molar-refractivity contribution < 1.29 is 9.90 Å². The Morgan fingerprint density at radius 3 is 2.38 bits per heavy atom. The van der Waals surface area contributed by atoms with Crippen LogP contribution >= 0.6 is 0 Å². The van der Waals surface area contributed by atoms with Gasteiger partial charge in [0.25, 0.3) is 0 Å². The molecule has 2 atom stereocenters. The van der Waals surface area contributed by atoms with E-state index in [1.165, 1.54) is 0 Å². The molecule has 0 aliphatic carbocycles. The molecule has 0 aromatic heterocycles. The summed E-state index contributed by atoms with van der Waals surface area (Å²) in [4.78, 5) is 10.4. The van der Waals surface area contributed by atoms with Gasteiger partial charge in [-0.25, -0.2) is 0 Å². The van der Waals surface area contributed by atoms with Gasteiger partial charge in [-0.2, -0.15) is 0 Å². The first-order chi connectivity index (χ1) is 5.97. The predicted octanol–water partition coefficient (Wildman–Crippen LogP) is 0.423. The Labute approximate surface area is 79.5 Å². The van der Waals surface area contributed by atoms with Crippen LogP contribution in [-0.4, -0.2) is 30.2 Å². The summed E-state index contributed by atoms with van der Waals surface area (Å²) < 4.78 is 0. The van der Waals surface area contributed by atoms with Gasteiger partial charge in [-0.3, -0.25) is 4.79 Å². The van der Waals surface area contributed by atoms with Crippen molar-refractivity contribution in [3.63, 3.8) is 0 Å². The summed E-state index contributed by atoms with van der Waals surface area (Å²) in [6.07, 6.45) is 0.934. The Morgan fingerprint density at radius 1 is 1.54 bits per heavy atom. The van der Waals surface area contributed by atoms with E-state index in [1.807, 2.05) is 7.05 Å². The number of aliphatic carboxylic acids is 1. The fraction of sp³-hybridized carbons (Fsp3) is 0.889. The molecule has 0 amide bonds. The van der Waals surface area contributed by atoms with E-state index in [2.05, 4.69) is 19.2 Å². The summed E-state index contributed by atoms with van der Waals surface area (Å²) in [5.41, 5.74) is 5.73. The molecule has 0 saturated carbocycles. The zero-order valence-corrected chi connectivity index (χ0v) is 8.58. The van der Waals surface area contributed by atoms with E-state index in [-0.39, 0.29) is 18.5 Å². The third-order valence-electron chi connectivity index (χ3n) is 2.02. The van der Waals surface area contributed by atoms with Crippen molar-refractivity contribution >= 4 is 5.97 Å². The van der Waals surface area contributed by atoms with Crippen LogP contribution in [-0.2, 0) is 4.79 Å². The van der Waals surface area contributed by atoms with Crippen molar-refractivity contribution in [2.24, 2.45) is 11.7 Å². The maximum absolute atomic E-state index is 10.4. The lowest BCUT2D eigenvalue weighted by Crippen LogP contribution is -2.45. The number of carboxylic acid groups (broad SMARTS) is 1. The first-order valence-corrected chi connectivity index (χ1v) is 4.62. The van der Waals surface area contributed by atoms with Gasteiger partial charge in [-0.1, -0.05) is 13.8 Å².